The zero-order chi connectivity index (χ0) is 16.1. The summed E-state index contributed by atoms with van der Waals surface area (Å²) in [4.78, 5) is 16.1. The summed E-state index contributed by atoms with van der Waals surface area (Å²) in [6.45, 7) is 0. The van der Waals surface area contributed by atoms with E-state index in [1.54, 1.807) is 24.4 Å². The van der Waals surface area contributed by atoms with Crippen LogP contribution in [0.15, 0.2) is 65.4 Å². The molecular formula is C17H13N3O2S. The summed E-state index contributed by atoms with van der Waals surface area (Å²) in [6.07, 6.45) is 6.20. The van der Waals surface area contributed by atoms with Crippen molar-refractivity contribution in [2.24, 2.45) is 0 Å². The number of anilines is 1. The SMILES string of the molecule is O=C(C=Cc1ccco1)NC(=S)Nc1cccc2ncccc12. The van der Waals surface area contributed by atoms with E-state index in [1.165, 1.54) is 12.3 Å². The van der Waals surface area contributed by atoms with Gasteiger partial charge in [0.15, 0.2) is 5.11 Å². The molecule has 0 aliphatic rings. The van der Waals surface area contributed by atoms with Crippen LogP contribution in [0.1, 0.15) is 5.76 Å². The fraction of sp³-hybridized carbons (Fsp3) is 0. The lowest BCUT2D eigenvalue weighted by Crippen LogP contribution is -2.32. The van der Waals surface area contributed by atoms with Crippen LogP contribution in [-0.2, 0) is 4.79 Å². The molecule has 6 heteroatoms. The van der Waals surface area contributed by atoms with Crippen molar-refractivity contribution in [1.29, 1.82) is 0 Å². The average Bonchev–Trinajstić information content (AvgIpc) is 3.07. The average molecular weight is 323 g/mol. The molecule has 0 saturated heterocycles. The molecule has 0 fully saturated rings. The molecule has 2 N–H and O–H groups in total. The van der Waals surface area contributed by atoms with Gasteiger partial charge in [-0.2, -0.15) is 0 Å². The molecule has 0 aliphatic carbocycles. The standard InChI is InChI=1S/C17H13N3O2S/c21-16(9-8-12-4-3-11-22-12)20-17(23)19-15-7-1-6-14-13(15)5-2-10-18-14/h1-11H,(H2,19,20,21,23). The summed E-state index contributed by atoms with van der Waals surface area (Å²) in [6, 6.07) is 12.9. The van der Waals surface area contributed by atoms with Gasteiger partial charge in [-0.1, -0.05) is 6.07 Å². The van der Waals surface area contributed by atoms with Gasteiger partial charge in [-0.05, 0) is 54.7 Å². The number of hydrogen-bond donors (Lipinski definition) is 2. The van der Waals surface area contributed by atoms with Gasteiger partial charge in [-0.15, -0.1) is 0 Å². The van der Waals surface area contributed by atoms with E-state index < -0.39 is 0 Å². The van der Waals surface area contributed by atoms with Crippen LogP contribution in [0.2, 0.25) is 0 Å². The Balaban J connectivity index is 1.66. The van der Waals surface area contributed by atoms with E-state index in [-0.39, 0.29) is 11.0 Å². The monoisotopic (exact) mass is 323 g/mol. The molecule has 0 spiro atoms. The van der Waals surface area contributed by atoms with E-state index in [4.69, 9.17) is 16.6 Å². The van der Waals surface area contributed by atoms with E-state index in [9.17, 15) is 4.79 Å². The van der Waals surface area contributed by atoms with E-state index >= 15 is 0 Å². The zero-order valence-electron chi connectivity index (χ0n) is 12.0. The fourth-order valence-corrected chi connectivity index (χ4v) is 2.27. The molecule has 0 saturated carbocycles. The maximum absolute atomic E-state index is 11.8. The second kappa shape index (κ2) is 6.85. The molecule has 0 atom stereocenters. The highest BCUT2D eigenvalue weighted by Gasteiger charge is 2.05. The Hall–Kier alpha value is -2.99. The van der Waals surface area contributed by atoms with Crippen molar-refractivity contribution in [3.63, 3.8) is 0 Å². The predicted octanol–water partition coefficient (Wildman–Crippen LogP) is 3.35. The van der Waals surface area contributed by atoms with Crippen LogP contribution in [0.3, 0.4) is 0 Å². The van der Waals surface area contributed by atoms with Gasteiger partial charge in [-0.25, -0.2) is 0 Å². The Bertz CT molecular complexity index is 867. The Kier molecular flexibility index (Phi) is 4.44. The molecule has 0 radical (unpaired) electrons. The van der Waals surface area contributed by atoms with Crippen LogP contribution in [0.25, 0.3) is 17.0 Å². The number of pyridine rings is 1. The summed E-state index contributed by atoms with van der Waals surface area (Å²) in [5.41, 5.74) is 1.64. The summed E-state index contributed by atoms with van der Waals surface area (Å²) < 4.78 is 5.11. The second-order valence-electron chi connectivity index (χ2n) is 4.67. The largest absolute Gasteiger partial charge is 0.465 e. The summed E-state index contributed by atoms with van der Waals surface area (Å²) >= 11 is 5.17. The Morgan fingerprint density at radius 2 is 2.09 bits per heavy atom. The maximum atomic E-state index is 11.8. The first kappa shape index (κ1) is 14.9. The lowest BCUT2D eigenvalue weighted by Gasteiger charge is -2.10. The molecule has 2 aromatic heterocycles. The lowest BCUT2D eigenvalue weighted by molar-refractivity contribution is -0.115. The van der Waals surface area contributed by atoms with Gasteiger partial charge in [0.05, 0.1) is 11.8 Å². The minimum absolute atomic E-state index is 0.218. The van der Waals surface area contributed by atoms with Gasteiger partial charge in [0.25, 0.3) is 0 Å². The molecular weight excluding hydrogens is 310 g/mol. The van der Waals surface area contributed by atoms with E-state index in [2.05, 4.69) is 15.6 Å². The van der Waals surface area contributed by atoms with Crippen LogP contribution in [0, 0.1) is 0 Å². The van der Waals surface area contributed by atoms with Crippen LogP contribution < -0.4 is 10.6 Å². The number of carbonyl (C=O) groups excluding carboxylic acids is 1. The van der Waals surface area contributed by atoms with Crippen LogP contribution in [0.5, 0.6) is 0 Å². The first-order valence-corrected chi connectivity index (χ1v) is 7.30. The minimum atomic E-state index is -0.336. The Labute approximate surface area is 138 Å². The molecule has 114 valence electrons. The number of nitrogens with one attached hydrogen (secondary N) is 2. The third-order valence-electron chi connectivity index (χ3n) is 3.07. The highest BCUT2D eigenvalue weighted by Crippen LogP contribution is 2.20. The third-order valence-corrected chi connectivity index (χ3v) is 3.28. The number of rotatable bonds is 3. The van der Waals surface area contributed by atoms with Crippen molar-refractivity contribution in [1.82, 2.24) is 10.3 Å². The van der Waals surface area contributed by atoms with Gasteiger partial charge in [0.2, 0.25) is 5.91 Å². The van der Waals surface area contributed by atoms with E-state index in [0.29, 0.717) is 5.76 Å². The number of furan rings is 1. The normalized spacial score (nSPS) is 10.8. The van der Waals surface area contributed by atoms with Crippen molar-refractivity contribution < 1.29 is 9.21 Å². The number of hydrogen-bond acceptors (Lipinski definition) is 4. The second-order valence-corrected chi connectivity index (χ2v) is 5.08. The lowest BCUT2D eigenvalue weighted by atomic mass is 10.2. The Morgan fingerprint density at radius 1 is 1.17 bits per heavy atom. The van der Waals surface area contributed by atoms with Crippen LogP contribution in [-0.4, -0.2) is 16.0 Å². The number of carbonyl (C=O) groups is 1. The quantitative estimate of drug-likeness (QED) is 0.571. The van der Waals surface area contributed by atoms with Gasteiger partial charge >= 0.3 is 0 Å². The molecule has 1 aromatic carbocycles. The smallest absolute Gasteiger partial charge is 0.250 e. The molecule has 3 rings (SSSR count). The first-order valence-electron chi connectivity index (χ1n) is 6.90. The zero-order valence-corrected chi connectivity index (χ0v) is 12.8. The van der Waals surface area contributed by atoms with E-state index in [0.717, 1.165) is 16.6 Å². The molecule has 2 heterocycles. The molecule has 23 heavy (non-hydrogen) atoms. The number of thiocarbonyl (C=S) groups is 1. The molecule has 0 bridgehead atoms. The van der Waals surface area contributed by atoms with Gasteiger partial charge in [-0.3, -0.25) is 15.1 Å². The fourth-order valence-electron chi connectivity index (χ4n) is 2.06. The summed E-state index contributed by atoms with van der Waals surface area (Å²) in [5, 5.41) is 6.75. The number of benzene rings is 1. The predicted molar refractivity (Wildman–Crippen MR) is 93.8 cm³/mol. The van der Waals surface area contributed by atoms with Gasteiger partial charge < -0.3 is 9.73 Å². The number of aromatic nitrogens is 1. The van der Waals surface area contributed by atoms with Crippen molar-refractivity contribution in [3.8, 4) is 0 Å². The van der Waals surface area contributed by atoms with Gasteiger partial charge in [0, 0.05) is 23.3 Å². The number of nitrogens with zero attached hydrogens (tertiary/aromatic N) is 1. The summed E-state index contributed by atoms with van der Waals surface area (Å²) in [5.74, 6) is 0.261. The highest BCUT2D eigenvalue weighted by atomic mass is 32.1. The molecule has 1 amide bonds. The van der Waals surface area contributed by atoms with E-state index in [1.807, 2.05) is 30.3 Å². The first-order chi connectivity index (χ1) is 11.2. The molecule has 0 unspecified atom stereocenters. The Morgan fingerprint density at radius 3 is 2.91 bits per heavy atom. The van der Waals surface area contributed by atoms with Crippen molar-refractivity contribution >= 4 is 45.9 Å². The number of amides is 1. The maximum Gasteiger partial charge on any atom is 0.250 e. The van der Waals surface area contributed by atoms with Crippen molar-refractivity contribution in [3.05, 3.63) is 66.8 Å². The third kappa shape index (κ3) is 3.81. The van der Waals surface area contributed by atoms with Crippen molar-refractivity contribution in [2.45, 2.75) is 0 Å². The van der Waals surface area contributed by atoms with Gasteiger partial charge in [0.1, 0.15) is 5.76 Å². The number of fused-ring (bicyclic) bond motifs is 1. The van der Waals surface area contributed by atoms with Crippen molar-refractivity contribution in [2.75, 3.05) is 5.32 Å². The minimum Gasteiger partial charge on any atom is -0.465 e. The summed E-state index contributed by atoms with van der Waals surface area (Å²) in [7, 11) is 0. The molecule has 5 nitrogen and oxygen atoms in total. The van der Waals surface area contributed by atoms with Crippen LogP contribution in [0.4, 0.5) is 5.69 Å². The topological polar surface area (TPSA) is 67.2 Å². The molecule has 0 aliphatic heterocycles. The highest BCUT2D eigenvalue weighted by molar-refractivity contribution is 7.80. The van der Waals surface area contributed by atoms with Crippen LogP contribution >= 0.6 is 12.2 Å². The molecule has 3 aromatic rings.